The molecule has 0 aliphatic rings. The van der Waals surface area contributed by atoms with Crippen molar-refractivity contribution in [2.45, 2.75) is 6.18 Å². The van der Waals surface area contributed by atoms with Gasteiger partial charge in [-0.15, -0.1) is 0 Å². The van der Waals surface area contributed by atoms with Crippen molar-refractivity contribution in [3.63, 3.8) is 0 Å². The molecular formula is C6H4F3N3O. The lowest BCUT2D eigenvalue weighted by Gasteiger charge is -2.16. The fourth-order valence-electron chi connectivity index (χ4n) is 0.550. The number of hydrogen-bond acceptors (Lipinski definition) is 3. The third-order valence-corrected chi connectivity index (χ3v) is 1.05. The SMILES string of the molecule is N#CCN(CC#N)C(=O)C(F)(F)F. The quantitative estimate of drug-likeness (QED) is 0.594. The lowest BCUT2D eigenvalue weighted by molar-refractivity contribution is -0.184. The third-order valence-electron chi connectivity index (χ3n) is 1.05. The summed E-state index contributed by atoms with van der Waals surface area (Å²) in [5, 5.41) is 16.1. The number of hydrogen-bond donors (Lipinski definition) is 0. The Hall–Kier alpha value is -1.76. The van der Waals surface area contributed by atoms with Crippen molar-refractivity contribution in [2.24, 2.45) is 0 Å². The molecule has 0 aromatic rings. The first-order chi connectivity index (χ1) is 5.93. The molecule has 4 nitrogen and oxygen atoms in total. The second-order valence-electron chi connectivity index (χ2n) is 1.98. The maximum absolute atomic E-state index is 11.7. The van der Waals surface area contributed by atoms with Crippen LogP contribution in [-0.4, -0.2) is 30.1 Å². The van der Waals surface area contributed by atoms with E-state index in [-0.39, 0.29) is 4.90 Å². The Morgan fingerprint density at radius 2 is 1.62 bits per heavy atom. The summed E-state index contributed by atoms with van der Waals surface area (Å²) in [6.45, 7) is -1.49. The van der Waals surface area contributed by atoms with Gasteiger partial charge in [-0.1, -0.05) is 0 Å². The van der Waals surface area contributed by atoms with Gasteiger partial charge in [-0.2, -0.15) is 23.7 Å². The molecule has 0 heterocycles. The van der Waals surface area contributed by atoms with Crippen molar-refractivity contribution >= 4 is 5.91 Å². The van der Waals surface area contributed by atoms with Crippen molar-refractivity contribution in [3.05, 3.63) is 0 Å². The van der Waals surface area contributed by atoms with Crippen LogP contribution in [0.15, 0.2) is 0 Å². The van der Waals surface area contributed by atoms with E-state index in [0.29, 0.717) is 0 Å². The number of nitriles is 2. The zero-order valence-corrected chi connectivity index (χ0v) is 6.30. The number of nitrogens with zero attached hydrogens (tertiary/aromatic N) is 3. The van der Waals surface area contributed by atoms with Gasteiger partial charge in [0.05, 0.1) is 12.1 Å². The van der Waals surface area contributed by atoms with Crippen LogP contribution in [0, 0.1) is 22.7 Å². The molecule has 0 spiro atoms. The van der Waals surface area contributed by atoms with E-state index in [9.17, 15) is 18.0 Å². The first-order valence-corrected chi connectivity index (χ1v) is 3.03. The smallest absolute Gasteiger partial charge is 0.308 e. The van der Waals surface area contributed by atoms with Crippen LogP contribution in [0.1, 0.15) is 0 Å². The Kier molecular flexibility index (Phi) is 3.73. The van der Waals surface area contributed by atoms with Crippen LogP contribution >= 0.6 is 0 Å². The average molecular weight is 191 g/mol. The molecule has 7 heteroatoms. The Labute approximate surface area is 71.8 Å². The van der Waals surface area contributed by atoms with E-state index in [1.54, 1.807) is 0 Å². The highest BCUT2D eigenvalue weighted by atomic mass is 19.4. The van der Waals surface area contributed by atoms with Gasteiger partial charge >= 0.3 is 12.1 Å². The molecule has 0 N–H and O–H groups in total. The lowest BCUT2D eigenvalue weighted by atomic mass is 10.4. The van der Waals surface area contributed by atoms with Crippen LogP contribution in [-0.2, 0) is 4.79 Å². The molecule has 0 unspecified atom stereocenters. The molecule has 0 atom stereocenters. The maximum atomic E-state index is 11.7. The first kappa shape index (κ1) is 11.2. The summed E-state index contributed by atoms with van der Waals surface area (Å²) in [6.07, 6.45) is -5.03. The van der Waals surface area contributed by atoms with E-state index in [0.717, 1.165) is 0 Å². The van der Waals surface area contributed by atoms with Crippen LogP contribution in [0.5, 0.6) is 0 Å². The molecule has 0 radical (unpaired) electrons. The van der Waals surface area contributed by atoms with Crippen LogP contribution in [0.3, 0.4) is 0 Å². The second kappa shape index (κ2) is 4.31. The molecule has 13 heavy (non-hydrogen) atoms. The Bertz CT molecular complexity index is 256. The van der Waals surface area contributed by atoms with E-state index in [4.69, 9.17) is 10.5 Å². The highest BCUT2D eigenvalue weighted by Gasteiger charge is 2.42. The van der Waals surface area contributed by atoms with Gasteiger partial charge in [0.15, 0.2) is 0 Å². The van der Waals surface area contributed by atoms with Crippen molar-refractivity contribution in [2.75, 3.05) is 13.1 Å². The van der Waals surface area contributed by atoms with Gasteiger partial charge in [0.25, 0.3) is 0 Å². The molecule has 0 saturated heterocycles. The van der Waals surface area contributed by atoms with Gasteiger partial charge in [-0.3, -0.25) is 4.79 Å². The second-order valence-corrected chi connectivity index (χ2v) is 1.98. The first-order valence-electron chi connectivity index (χ1n) is 3.03. The molecule has 0 aromatic carbocycles. The highest BCUT2D eigenvalue weighted by molar-refractivity contribution is 5.82. The topological polar surface area (TPSA) is 67.9 Å². The van der Waals surface area contributed by atoms with Gasteiger partial charge in [-0.25, -0.2) is 0 Å². The summed E-state index contributed by atoms with van der Waals surface area (Å²) in [5.74, 6) is -2.17. The molecule has 0 aliphatic carbocycles. The van der Waals surface area contributed by atoms with E-state index < -0.39 is 25.2 Å². The normalized spacial score (nSPS) is 9.92. The lowest BCUT2D eigenvalue weighted by Crippen LogP contribution is -2.41. The fourth-order valence-corrected chi connectivity index (χ4v) is 0.550. The molecule has 0 aromatic heterocycles. The van der Waals surface area contributed by atoms with Gasteiger partial charge in [0.1, 0.15) is 13.1 Å². The Morgan fingerprint density at radius 1 is 1.23 bits per heavy atom. The van der Waals surface area contributed by atoms with Gasteiger partial charge in [-0.05, 0) is 0 Å². The molecule has 1 amide bonds. The van der Waals surface area contributed by atoms with Crippen molar-refractivity contribution < 1.29 is 18.0 Å². The summed E-state index contributed by atoms with van der Waals surface area (Å²) in [4.78, 5) is 10.6. The third kappa shape index (κ3) is 3.43. The minimum atomic E-state index is -5.03. The van der Waals surface area contributed by atoms with Crippen LogP contribution in [0.2, 0.25) is 0 Å². The van der Waals surface area contributed by atoms with Gasteiger partial charge in [0, 0.05) is 0 Å². The predicted octanol–water partition coefficient (Wildman–Crippen LogP) is 0.424. The number of amides is 1. The van der Waals surface area contributed by atoms with Gasteiger partial charge in [0.2, 0.25) is 0 Å². The molecule has 0 fully saturated rings. The van der Waals surface area contributed by atoms with E-state index in [1.807, 2.05) is 0 Å². The Morgan fingerprint density at radius 3 is 1.85 bits per heavy atom. The number of carbonyl (C=O) groups is 1. The summed E-state index contributed by atoms with van der Waals surface area (Å²) < 4.78 is 35.2. The maximum Gasteiger partial charge on any atom is 0.471 e. The zero-order valence-electron chi connectivity index (χ0n) is 6.30. The highest BCUT2D eigenvalue weighted by Crippen LogP contribution is 2.17. The molecule has 0 bridgehead atoms. The van der Waals surface area contributed by atoms with Crippen LogP contribution in [0.4, 0.5) is 13.2 Å². The minimum Gasteiger partial charge on any atom is -0.308 e. The summed E-state index contributed by atoms with van der Waals surface area (Å²) >= 11 is 0. The number of carbonyl (C=O) groups excluding carboxylic acids is 1. The van der Waals surface area contributed by atoms with E-state index >= 15 is 0 Å². The Balaban J connectivity index is 4.50. The van der Waals surface area contributed by atoms with E-state index in [1.165, 1.54) is 12.1 Å². The number of halogens is 3. The fraction of sp³-hybridized carbons (Fsp3) is 0.500. The monoisotopic (exact) mass is 191 g/mol. The van der Waals surface area contributed by atoms with E-state index in [2.05, 4.69) is 0 Å². The molecule has 0 rings (SSSR count). The summed E-state index contributed by atoms with van der Waals surface area (Å²) in [7, 11) is 0. The van der Waals surface area contributed by atoms with Crippen molar-refractivity contribution in [3.8, 4) is 12.1 Å². The minimum absolute atomic E-state index is 0.125. The van der Waals surface area contributed by atoms with Crippen LogP contribution < -0.4 is 0 Å². The molecule has 0 saturated carbocycles. The number of alkyl halides is 3. The summed E-state index contributed by atoms with van der Waals surface area (Å²) in [6, 6.07) is 2.72. The van der Waals surface area contributed by atoms with Crippen molar-refractivity contribution in [1.29, 1.82) is 10.5 Å². The standard InChI is InChI=1S/C6H4F3N3O/c7-6(8,9)5(13)12(3-1-10)4-2-11/h3-4H2. The number of rotatable bonds is 2. The average Bonchev–Trinajstić information content (AvgIpc) is 2.01. The van der Waals surface area contributed by atoms with Crippen LogP contribution in [0.25, 0.3) is 0 Å². The molecule has 70 valence electrons. The van der Waals surface area contributed by atoms with Crippen molar-refractivity contribution in [1.82, 2.24) is 4.90 Å². The zero-order chi connectivity index (χ0) is 10.5. The van der Waals surface area contributed by atoms with Gasteiger partial charge < -0.3 is 4.90 Å². The molecular weight excluding hydrogens is 187 g/mol. The summed E-state index contributed by atoms with van der Waals surface area (Å²) in [5.41, 5.74) is 0. The molecule has 0 aliphatic heterocycles. The largest absolute Gasteiger partial charge is 0.471 e. The predicted molar refractivity (Wildman–Crippen MR) is 33.9 cm³/mol.